The summed E-state index contributed by atoms with van der Waals surface area (Å²) in [5.74, 6) is -2.12. The highest BCUT2D eigenvalue weighted by atomic mass is 16.5. The Labute approximate surface area is 164 Å². The van der Waals surface area contributed by atoms with E-state index in [9.17, 15) is 14.4 Å². The zero-order valence-electron chi connectivity index (χ0n) is 15.7. The van der Waals surface area contributed by atoms with Crippen molar-refractivity contribution >= 4 is 17.7 Å². The van der Waals surface area contributed by atoms with Gasteiger partial charge in [0.15, 0.2) is 0 Å². The van der Waals surface area contributed by atoms with Gasteiger partial charge in [-0.05, 0) is 17.5 Å². The Morgan fingerprint density at radius 2 is 1.39 bits per heavy atom. The van der Waals surface area contributed by atoms with Crippen molar-refractivity contribution in [2.75, 3.05) is 7.05 Å². The maximum absolute atomic E-state index is 12.9. The fourth-order valence-corrected chi connectivity index (χ4v) is 2.95. The van der Waals surface area contributed by atoms with E-state index >= 15 is 0 Å². The molecule has 0 bridgehead atoms. The van der Waals surface area contributed by atoms with Gasteiger partial charge in [0.1, 0.15) is 6.04 Å². The highest BCUT2D eigenvalue weighted by Crippen LogP contribution is 2.14. The molecule has 4 N–H and O–H groups in total. The third-order valence-corrected chi connectivity index (χ3v) is 4.41. The van der Waals surface area contributed by atoms with Crippen molar-refractivity contribution in [3.63, 3.8) is 0 Å². The predicted octanol–water partition coefficient (Wildman–Crippen LogP) is 1.21. The van der Waals surface area contributed by atoms with Crippen LogP contribution in [-0.4, -0.2) is 36.0 Å². The summed E-state index contributed by atoms with van der Waals surface area (Å²) < 4.78 is 0. The van der Waals surface area contributed by atoms with E-state index in [0.717, 1.165) is 11.1 Å². The normalized spacial score (nSPS) is 12.5. The molecule has 7 heteroatoms. The molecular weight excluding hydrogens is 358 g/mol. The number of hydrogen-bond acceptors (Lipinski definition) is 4. The molecule has 2 atom stereocenters. The second-order valence-electron chi connectivity index (χ2n) is 6.49. The third kappa shape index (κ3) is 6.51. The Kier molecular flexibility index (Phi) is 8.17. The number of benzene rings is 2. The van der Waals surface area contributed by atoms with Crippen molar-refractivity contribution in [2.45, 2.75) is 25.3 Å². The fourth-order valence-electron chi connectivity index (χ4n) is 2.95. The van der Waals surface area contributed by atoms with E-state index in [-0.39, 0.29) is 12.3 Å². The number of hydroxylamine groups is 1. The molecule has 0 radical (unpaired) electrons. The second-order valence-corrected chi connectivity index (χ2v) is 6.49. The van der Waals surface area contributed by atoms with Gasteiger partial charge in [-0.1, -0.05) is 60.7 Å². The Balaban J connectivity index is 2.14. The molecule has 2 aromatic carbocycles. The summed E-state index contributed by atoms with van der Waals surface area (Å²) in [6, 6.07) is 17.9. The van der Waals surface area contributed by atoms with Crippen LogP contribution in [0.15, 0.2) is 60.7 Å². The first-order valence-corrected chi connectivity index (χ1v) is 9.06. The van der Waals surface area contributed by atoms with Gasteiger partial charge in [-0.15, -0.1) is 0 Å². The van der Waals surface area contributed by atoms with Crippen molar-refractivity contribution in [1.29, 1.82) is 0 Å². The van der Waals surface area contributed by atoms with Crippen molar-refractivity contribution in [2.24, 2.45) is 5.92 Å². The van der Waals surface area contributed by atoms with E-state index in [2.05, 4.69) is 10.6 Å². The number of carbonyl (C=O) groups is 3. The molecule has 28 heavy (non-hydrogen) atoms. The SMILES string of the molecule is CNC(=O)[C@H](Cc1ccccc1)NC(=O)[C@@H](CC(=O)NO)Cc1ccccc1. The maximum atomic E-state index is 12.9. The Morgan fingerprint density at radius 1 is 0.857 bits per heavy atom. The summed E-state index contributed by atoms with van der Waals surface area (Å²) in [4.78, 5) is 36.8. The standard InChI is InChI=1S/C21H25N3O4/c1-22-21(27)18(13-16-10-6-3-7-11-16)23-20(26)17(14-19(25)24-28)12-15-8-4-2-5-9-15/h2-11,17-18,28H,12-14H2,1H3,(H,22,27)(H,23,26)(H,24,25)/t17-,18+/m1/s1. The van der Waals surface area contributed by atoms with E-state index in [0.29, 0.717) is 12.8 Å². The van der Waals surface area contributed by atoms with Crippen LogP contribution in [0.1, 0.15) is 17.5 Å². The topological polar surface area (TPSA) is 108 Å². The number of likely N-dealkylation sites (N-methyl/N-ethyl adjacent to an activating group) is 1. The van der Waals surface area contributed by atoms with Crippen LogP contribution in [0.5, 0.6) is 0 Å². The first-order chi connectivity index (χ1) is 13.5. The van der Waals surface area contributed by atoms with E-state index in [1.165, 1.54) is 7.05 Å². The first-order valence-electron chi connectivity index (χ1n) is 9.06. The van der Waals surface area contributed by atoms with Crippen LogP contribution >= 0.6 is 0 Å². The van der Waals surface area contributed by atoms with Gasteiger partial charge in [-0.2, -0.15) is 0 Å². The molecule has 0 saturated carbocycles. The lowest BCUT2D eigenvalue weighted by Crippen LogP contribution is -2.49. The monoisotopic (exact) mass is 383 g/mol. The van der Waals surface area contributed by atoms with Gasteiger partial charge in [0, 0.05) is 19.9 Å². The van der Waals surface area contributed by atoms with Gasteiger partial charge in [-0.25, -0.2) is 5.48 Å². The maximum Gasteiger partial charge on any atom is 0.244 e. The summed E-state index contributed by atoms with van der Waals surface area (Å²) in [7, 11) is 1.51. The highest BCUT2D eigenvalue weighted by Gasteiger charge is 2.27. The van der Waals surface area contributed by atoms with Crippen LogP contribution in [-0.2, 0) is 27.2 Å². The zero-order valence-corrected chi connectivity index (χ0v) is 15.7. The molecule has 0 spiro atoms. The number of amides is 3. The lowest BCUT2D eigenvalue weighted by molar-refractivity contribution is -0.136. The third-order valence-electron chi connectivity index (χ3n) is 4.41. The molecule has 0 aromatic heterocycles. The van der Waals surface area contributed by atoms with Crippen LogP contribution in [0.3, 0.4) is 0 Å². The molecular formula is C21H25N3O4. The Hall–Kier alpha value is -3.19. The minimum Gasteiger partial charge on any atom is -0.357 e. The number of nitrogens with one attached hydrogen (secondary N) is 3. The molecule has 0 unspecified atom stereocenters. The van der Waals surface area contributed by atoms with E-state index in [4.69, 9.17) is 5.21 Å². The second kappa shape index (κ2) is 10.8. The first kappa shape index (κ1) is 21.1. The molecule has 2 aromatic rings. The average Bonchev–Trinajstić information content (AvgIpc) is 2.73. The average molecular weight is 383 g/mol. The zero-order chi connectivity index (χ0) is 20.4. The van der Waals surface area contributed by atoms with E-state index in [1.807, 2.05) is 60.7 Å². The largest absolute Gasteiger partial charge is 0.357 e. The molecule has 0 aliphatic heterocycles. The van der Waals surface area contributed by atoms with E-state index in [1.54, 1.807) is 5.48 Å². The van der Waals surface area contributed by atoms with Gasteiger partial charge in [0.25, 0.3) is 0 Å². The lowest BCUT2D eigenvalue weighted by Gasteiger charge is -2.22. The van der Waals surface area contributed by atoms with Gasteiger partial charge in [0.05, 0.1) is 5.92 Å². The minimum atomic E-state index is -0.768. The Morgan fingerprint density at radius 3 is 1.89 bits per heavy atom. The van der Waals surface area contributed by atoms with Gasteiger partial charge >= 0.3 is 0 Å². The van der Waals surface area contributed by atoms with Crippen molar-refractivity contribution in [3.8, 4) is 0 Å². The van der Waals surface area contributed by atoms with Crippen molar-refractivity contribution < 1.29 is 19.6 Å². The van der Waals surface area contributed by atoms with Gasteiger partial charge < -0.3 is 10.6 Å². The number of rotatable bonds is 9. The van der Waals surface area contributed by atoms with Crippen molar-refractivity contribution in [1.82, 2.24) is 16.1 Å². The summed E-state index contributed by atoms with van der Waals surface area (Å²) in [5.41, 5.74) is 3.35. The molecule has 0 fully saturated rings. The molecule has 3 amide bonds. The Bertz CT molecular complexity index is 781. The highest BCUT2D eigenvalue weighted by molar-refractivity contribution is 5.90. The summed E-state index contributed by atoms with van der Waals surface area (Å²) in [6.07, 6.45) is 0.450. The number of carbonyl (C=O) groups excluding carboxylic acids is 3. The summed E-state index contributed by atoms with van der Waals surface area (Å²) in [6.45, 7) is 0. The van der Waals surface area contributed by atoms with Crippen LogP contribution in [0.4, 0.5) is 0 Å². The van der Waals surface area contributed by atoms with Crippen LogP contribution in [0.25, 0.3) is 0 Å². The van der Waals surface area contributed by atoms with Gasteiger partial charge in [-0.3, -0.25) is 19.6 Å². The molecule has 0 heterocycles. The fraction of sp³-hybridized carbons (Fsp3) is 0.286. The molecule has 0 saturated heterocycles. The van der Waals surface area contributed by atoms with Crippen LogP contribution in [0, 0.1) is 5.92 Å². The predicted molar refractivity (Wildman–Crippen MR) is 104 cm³/mol. The summed E-state index contributed by atoms with van der Waals surface area (Å²) in [5, 5.41) is 14.2. The molecule has 7 nitrogen and oxygen atoms in total. The minimum absolute atomic E-state index is 0.191. The quantitative estimate of drug-likeness (QED) is 0.386. The smallest absolute Gasteiger partial charge is 0.244 e. The number of hydrogen-bond donors (Lipinski definition) is 4. The molecule has 148 valence electrons. The molecule has 2 rings (SSSR count). The van der Waals surface area contributed by atoms with E-state index < -0.39 is 23.8 Å². The summed E-state index contributed by atoms with van der Waals surface area (Å²) >= 11 is 0. The molecule has 0 aliphatic rings. The van der Waals surface area contributed by atoms with Crippen LogP contribution in [0.2, 0.25) is 0 Å². The lowest BCUT2D eigenvalue weighted by atomic mass is 9.94. The van der Waals surface area contributed by atoms with Crippen molar-refractivity contribution in [3.05, 3.63) is 71.8 Å². The van der Waals surface area contributed by atoms with Crippen LogP contribution < -0.4 is 16.1 Å². The van der Waals surface area contributed by atoms with Gasteiger partial charge in [0.2, 0.25) is 17.7 Å². The molecule has 0 aliphatic carbocycles.